The van der Waals surface area contributed by atoms with Crippen molar-refractivity contribution in [2.75, 3.05) is 20.6 Å². The highest BCUT2D eigenvalue weighted by molar-refractivity contribution is 7.89. The van der Waals surface area contributed by atoms with Crippen LogP contribution < -0.4 is 4.72 Å². The average Bonchev–Trinajstić information content (AvgIpc) is 3.00. The highest BCUT2D eigenvalue weighted by Crippen LogP contribution is 2.25. The number of nitrogens with one attached hydrogen (secondary N) is 1. The monoisotopic (exact) mass is 369 g/mol. The summed E-state index contributed by atoms with van der Waals surface area (Å²) in [6.07, 6.45) is 0. The van der Waals surface area contributed by atoms with Crippen LogP contribution in [-0.2, 0) is 10.0 Å². The third kappa shape index (κ3) is 3.99. The molecule has 130 valence electrons. The molecule has 0 aliphatic carbocycles. The third-order valence-electron chi connectivity index (χ3n) is 3.76. The molecule has 1 aromatic heterocycles. The summed E-state index contributed by atoms with van der Waals surface area (Å²) in [5.41, 5.74) is 0.940. The van der Waals surface area contributed by atoms with Gasteiger partial charge in [-0.2, -0.15) is 11.3 Å². The number of sulfonamides is 1. The van der Waals surface area contributed by atoms with Crippen LogP contribution in [0.25, 0.3) is 0 Å². The van der Waals surface area contributed by atoms with Gasteiger partial charge in [0.15, 0.2) is 0 Å². The van der Waals surface area contributed by atoms with E-state index in [1.807, 2.05) is 35.8 Å². The maximum absolute atomic E-state index is 12.6. The summed E-state index contributed by atoms with van der Waals surface area (Å²) in [5.74, 6) is 0. The molecule has 1 atom stereocenters. The summed E-state index contributed by atoms with van der Waals surface area (Å²) in [4.78, 5) is 12.3. The minimum atomic E-state index is -3.84. The lowest BCUT2D eigenvalue weighted by Crippen LogP contribution is -2.34. The summed E-state index contributed by atoms with van der Waals surface area (Å²) < 4.78 is 27.7. The van der Waals surface area contributed by atoms with Crippen molar-refractivity contribution in [3.8, 4) is 0 Å². The first-order valence-corrected chi connectivity index (χ1v) is 9.59. The maximum Gasteiger partial charge on any atom is 0.273 e. The molecule has 7 nitrogen and oxygen atoms in total. The van der Waals surface area contributed by atoms with Gasteiger partial charge in [-0.05, 0) is 49.5 Å². The summed E-state index contributed by atoms with van der Waals surface area (Å²) in [6.45, 7) is 1.61. The number of rotatable bonds is 7. The van der Waals surface area contributed by atoms with Crippen molar-refractivity contribution in [1.29, 1.82) is 0 Å². The topological polar surface area (TPSA) is 92.5 Å². The molecule has 2 aromatic rings. The molecule has 0 spiro atoms. The van der Waals surface area contributed by atoms with Gasteiger partial charge < -0.3 is 4.90 Å². The molecule has 1 heterocycles. The lowest BCUT2D eigenvalue weighted by atomic mass is 10.1. The third-order valence-corrected chi connectivity index (χ3v) is 6.03. The van der Waals surface area contributed by atoms with Crippen LogP contribution in [0.2, 0.25) is 0 Å². The molecule has 1 N–H and O–H groups in total. The number of thiophene rings is 1. The number of nitro groups is 1. The van der Waals surface area contributed by atoms with E-state index in [1.165, 1.54) is 25.1 Å². The number of benzene rings is 1. The predicted molar refractivity (Wildman–Crippen MR) is 93.8 cm³/mol. The van der Waals surface area contributed by atoms with E-state index < -0.39 is 14.9 Å². The number of hydrogen-bond acceptors (Lipinski definition) is 6. The van der Waals surface area contributed by atoms with Gasteiger partial charge in [0.05, 0.1) is 9.82 Å². The van der Waals surface area contributed by atoms with Gasteiger partial charge in [-0.25, -0.2) is 13.1 Å². The fourth-order valence-corrected chi connectivity index (χ4v) is 4.43. The Bertz CT molecular complexity index is 817. The molecule has 0 saturated carbocycles. The Morgan fingerprint density at radius 2 is 2.04 bits per heavy atom. The molecule has 0 unspecified atom stereocenters. The van der Waals surface area contributed by atoms with Gasteiger partial charge in [-0.15, -0.1) is 0 Å². The largest absolute Gasteiger partial charge is 0.301 e. The number of likely N-dealkylation sites (N-methyl/N-ethyl adjacent to an activating group) is 1. The van der Waals surface area contributed by atoms with Gasteiger partial charge in [-0.1, -0.05) is 6.07 Å². The number of nitro benzene ring substituents is 1. The molecule has 9 heteroatoms. The lowest BCUT2D eigenvalue weighted by Gasteiger charge is -2.24. The summed E-state index contributed by atoms with van der Waals surface area (Å²) >= 11 is 1.54. The van der Waals surface area contributed by atoms with E-state index in [4.69, 9.17) is 0 Å². The van der Waals surface area contributed by atoms with Gasteiger partial charge in [0.1, 0.15) is 0 Å². The maximum atomic E-state index is 12.6. The Morgan fingerprint density at radius 3 is 2.58 bits per heavy atom. The molecule has 0 aliphatic rings. The van der Waals surface area contributed by atoms with E-state index >= 15 is 0 Å². The molecule has 2 rings (SSSR count). The van der Waals surface area contributed by atoms with Crippen LogP contribution in [-0.4, -0.2) is 38.9 Å². The van der Waals surface area contributed by atoms with Gasteiger partial charge in [0.25, 0.3) is 5.69 Å². The van der Waals surface area contributed by atoms with Crippen molar-refractivity contribution in [2.45, 2.75) is 17.9 Å². The summed E-state index contributed by atoms with van der Waals surface area (Å²) in [6, 6.07) is 5.87. The minimum Gasteiger partial charge on any atom is -0.301 e. The normalized spacial score (nSPS) is 13.2. The zero-order valence-corrected chi connectivity index (χ0v) is 15.2. The Morgan fingerprint density at radius 1 is 1.33 bits per heavy atom. The molecule has 0 amide bonds. The summed E-state index contributed by atoms with van der Waals surface area (Å²) in [7, 11) is -0.104. The fourth-order valence-electron chi connectivity index (χ4n) is 2.42. The van der Waals surface area contributed by atoms with Crippen molar-refractivity contribution in [1.82, 2.24) is 9.62 Å². The predicted octanol–water partition coefficient (Wildman–Crippen LogP) is 2.55. The van der Waals surface area contributed by atoms with E-state index in [9.17, 15) is 18.5 Å². The zero-order chi connectivity index (χ0) is 17.9. The molecule has 1 aromatic carbocycles. The molecular weight excluding hydrogens is 350 g/mol. The summed E-state index contributed by atoms with van der Waals surface area (Å²) in [5, 5.41) is 14.9. The lowest BCUT2D eigenvalue weighted by molar-refractivity contribution is -0.385. The second kappa shape index (κ2) is 7.39. The standard InChI is InChI=1S/C15H19N3O4S2/c1-11-13(18(19)20)5-4-6-15(11)24(21,22)16-9-14(17(2)3)12-7-8-23-10-12/h4-8,10,14,16H,9H2,1-3H3/t14-/m1/s1. The van der Waals surface area contributed by atoms with Gasteiger partial charge >= 0.3 is 0 Å². The van der Waals surface area contributed by atoms with Gasteiger partial charge in [0, 0.05) is 24.2 Å². The minimum absolute atomic E-state index is 0.0699. The first-order chi connectivity index (χ1) is 11.2. The first-order valence-electron chi connectivity index (χ1n) is 7.16. The van der Waals surface area contributed by atoms with Crippen LogP contribution >= 0.6 is 11.3 Å². The Balaban J connectivity index is 2.26. The first kappa shape index (κ1) is 18.5. The molecule has 0 fully saturated rings. The van der Waals surface area contributed by atoms with Crippen LogP contribution in [0.1, 0.15) is 17.2 Å². The molecular formula is C15H19N3O4S2. The van der Waals surface area contributed by atoms with E-state index in [0.717, 1.165) is 5.56 Å². The van der Waals surface area contributed by atoms with E-state index in [2.05, 4.69) is 4.72 Å². The van der Waals surface area contributed by atoms with Crippen LogP contribution in [0, 0.1) is 17.0 Å². The van der Waals surface area contributed by atoms with Crippen LogP contribution in [0.15, 0.2) is 39.9 Å². The average molecular weight is 369 g/mol. The highest BCUT2D eigenvalue weighted by Gasteiger charge is 2.24. The smallest absolute Gasteiger partial charge is 0.273 e. The van der Waals surface area contributed by atoms with Crippen molar-refractivity contribution in [2.24, 2.45) is 0 Å². The Labute approximate surface area is 145 Å². The van der Waals surface area contributed by atoms with Gasteiger partial charge in [-0.3, -0.25) is 10.1 Å². The SMILES string of the molecule is Cc1c([N+](=O)[O-])cccc1S(=O)(=O)NC[C@H](c1ccsc1)N(C)C. The number of nitrogens with zero attached hydrogens (tertiary/aromatic N) is 2. The van der Waals surface area contributed by atoms with Crippen LogP contribution in [0.3, 0.4) is 0 Å². The van der Waals surface area contributed by atoms with E-state index in [0.29, 0.717) is 0 Å². The van der Waals surface area contributed by atoms with Crippen LogP contribution in [0.4, 0.5) is 5.69 Å². The van der Waals surface area contributed by atoms with Crippen LogP contribution in [0.5, 0.6) is 0 Å². The molecule has 0 aliphatic heterocycles. The fraction of sp³-hybridized carbons (Fsp3) is 0.333. The van der Waals surface area contributed by atoms with Crippen molar-refractivity contribution in [3.05, 3.63) is 56.3 Å². The zero-order valence-electron chi connectivity index (χ0n) is 13.6. The van der Waals surface area contributed by atoms with E-state index in [-0.39, 0.29) is 28.7 Å². The number of hydrogen-bond donors (Lipinski definition) is 1. The van der Waals surface area contributed by atoms with Crippen molar-refractivity contribution >= 4 is 27.0 Å². The molecule has 24 heavy (non-hydrogen) atoms. The Hall–Kier alpha value is -1.81. The molecule has 0 saturated heterocycles. The van der Waals surface area contributed by atoms with E-state index in [1.54, 1.807) is 11.3 Å². The van der Waals surface area contributed by atoms with Crippen molar-refractivity contribution in [3.63, 3.8) is 0 Å². The van der Waals surface area contributed by atoms with Crippen molar-refractivity contribution < 1.29 is 13.3 Å². The quantitative estimate of drug-likeness (QED) is 0.598. The second-order valence-corrected chi connectivity index (χ2v) is 8.06. The second-order valence-electron chi connectivity index (χ2n) is 5.55. The highest BCUT2D eigenvalue weighted by atomic mass is 32.2. The Kier molecular flexibility index (Phi) is 5.70. The van der Waals surface area contributed by atoms with Gasteiger partial charge in [0.2, 0.25) is 10.0 Å². The molecule has 0 radical (unpaired) electrons. The molecule has 0 bridgehead atoms.